The fraction of sp³-hybridized carbons (Fsp3) is 0.462. The summed E-state index contributed by atoms with van der Waals surface area (Å²) in [6, 6.07) is 2.16. The second-order valence-electron chi connectivity index (χ2n) is 4.92. The number of hydrogen-bond acceptors (Lipinski definition) is 6. The summed E-state index contributed by atoms with van der Waals surface area (Å²) in [6.07, 6.45) is 3.83. The van der Waals surface area contributed by atoms with Crippen LogP contribution in [0.3, 0.4) is 0 Å². The van der Waals surface area contributed by atoms with Crippen molar-refractivity contribution in [3.8, 4) is 0 Å². The van der Waals surface area contributed by atoms with Gasteiger partial charge in [0.25, 0.3) is 5.91 Å². The number of piperidine rings is 1. The van der Waals surface area contributed by atoms with Crippen LogP contribution >= 0.6 is 22.9 Å². The van der Waals surface area contributed by atoms with Gasteiger partial charge in [-0.1, -0.05) is 4.49 Å². The second-order valence-corrected chi connectivity index (χ2v) is 6.57. The highest BCUT2D eigenvalue weighted by molar-refractivity contribution is 7.08. The average molecular weight is 308 g/mol. The first-order chi connectivity index (χ1) is 9.81. The minimum atomic E-state index is 0.0522. The number of amides is 1. The number of likely N-dealkylation sites (tertiary alicyclic amines) is 1. The summed E-state index contributed by atoms with van der Waals surface area (Å²) in [6.45, 7) is 2.93. The molecule has 1 fully saturated rings. The zero-order chi connectivity index (χ0) is 13.8. The summed E-state index contributed by atoms with van der Waals surface area (Å²) in [7, 11) is 0. The van der Waals surface area contributed by atoms with Crippen LogP contribution in [0, 0.1) is 0 Å². The molecule has 0 radical (unpaired) electrons. The van der Waals surface area contributed by atoms with Crippen molar-refractivity contribution in [2.45, 2.75) is 25.4 Å². The first-order valence-corrected chi connectivity index (χ1v) is 8.34. The number of aromatic nitrogens is 2. The van der Waals surface area contributed by atoms with E-state index in [4.69, 9.17) is 0 Å². The number of carbonyl (C=O) groups is 1. The van der Waals surface area contributed by atoms with E-state index in [9.17, 15) is 4.79 Å². The van der Waals surface area contributed by atoms with E-state index < -0.39 is 0 Å². The van der Waals surface area contributed by atoms with Crippen molar-refractivity contribution in [1.82, 2.24) is 19.8 Å². The van der Waals surface area contributed by atoms with E-state index in [1.54, 1.807) is 11.3 Å². The minimum Gasteiger partial charge on any atom is -0.349 e. The van der Waals surface area contributed by atoms with Crippen molar-refractivity contribution in [2.75, 3.05) is 13.1 Å². The molecule has 0 spiro atoms. The number of rotatable bonds is 4. The largest absolute Gasteiger partial charge is 0.349 e. The molecule has 106 valence electrons. The highest BCUT2D eigenvalue weighted by Crippen LogP contribution is 2.15. The van der Waals surface area contributed by atoms with Gasteiger partial charge in [-0.2, -0.15) is 11.3 Å². The maximum Gasteiger partial charge on any atom is 0.252 e. The van der Waals surface area contributed by atoms with E-state index in [0.717, 1.165) is 38.0 Å². The molecule has 5 nitrogen and oxygen atoms in total. The van der Waals surface area contributed by atoms with E-state index in [1.807, 2.05) is 23.0 Å². The Morgan fingerprint density at radius 2 is 2.30 bits per heavy atom. The fourth-order valence-electron chi connectivity index (χ4n) is 2.38. The van der Waals surface area contributed by atoms with Gasteiger partial charge in [-0.15, -0.1) is 5.10 Å². The minimum absolute atomic E-state index is 0.0522. The van der Waals surface area contributed by atoms with Crippen molar-refractivity contribution >= 4 is 28.8 Å². The van der Waals surface area contributed by atoms with Gasteiger partial charge < -0.3 is 5.32 Å². The zero-order valence-electron chi connectivity index (χ0n) is 11.0. The molecule has 20 heavy (non-hydrogen) atoms. The van der Waals surface area contributed by atoms with Gasteiger partial charge in [0.05, 0.1) is 11.1 Å². The van der Waals surface area contributed by atoms with Crippen LogP contribution < -0.4 is 5.32 Å². The lowest BCUT2D eigenvalue weighted by Gasteiger charge is -2.31. The van der Waals surface area contributed by atoms with E-state index in [1.165, 1.54) is 16.4 Å². The van der Waals surface area contributed by atoms with E-state index in [2.05, 4.69) is 19.8 Å². The summed E-state index contributed by atoms with van der Waals surface area (Å²) < 4.78 is 3.88. The Bertz CT molecular complexity index is 533. The summed E-state index contributed by atoms with van der Waals surface area (Å²) in [5.41, 5.74) is 0.771. The third-order valence-electron chi connectivity index (χ3n) is 3.49. The second kappa shape index (κ2) is 6.43. The lowest BCUT2D eigenvalue weighted by Crippen LogP contribution is -2.44. The Balaban J connectivity index is 1.45. The smallest absolute Gasteiger partial charge is 0.252 e. The molecule has 0 unspecified atom stereocenters. The van der Waals surface area contributed by atoms with Crippen LogP contribution in [0.15, 0.2) is 23.0 Å². The molecule has 1 amide bonds. The Morgan fingerprint density at radius 1 is 1.45 bits per heavy atom. The normalized spacial score (nSPS) is 17.2. The van der Waals surface area contributed by atoms with Gasteiger partial charge in [0.1, 0.15) is 0 Å². The number of nitrogens with zero attached hydrogens (tertiary/aromatic N) is 3. The Hall–Kier alpha value is -1.31. The van der Waals surface area contributed by atoms with Crippen LogP contribution in [0.25, 0.3) is 0 Å². The molecule has 2 aromatic heterocycles. The monoisotopic (exact) mass is 308 g/mol. The summed E-state index contributed by atoms with van der Waals surface area (Å²) in [4.78, 5) is 15.6. The molecular formula is C13H16N4OS2. The molecule has 0 bridgehead atoms. The molecule has 1 N–H and O–H groups in total. The van der Waals surface area contributed by atoms with Crippen LogP contribution in [0.2, 0.25) is 0 Å². The van der Waals surface area contributed by atoms with Gasteiger partial charge in [-0.3, -0.25) is 9.69 Å². The summed E-state index contributed by atoms with van der Waals surface area (Å²) in [5, 5.41) is 10.8. The first-order valence-electron chi connectivity index (χ1n) is 6.63. The fourth-order valence-corrected chi connectivity index (χ4v) is 3.55. The van der Waals surface area contributed by atoms with Gasteiger partial charge in [0.15, 0.2) is 0 Å². The molecule has 7 heteroatoms. The molecule has 1 aliphatic rings. The van der Waals surface area contributed by atoms with E-state index in [-0.39, 0.29) is 5.91 Å². The predicted octanol–water partition coefficient (Wildman–Crippen LogP) is 1.99. The molecule has 0 saturated carbocycles. The Morgan fingerprint density at radius 3 is 2.95 bits per heavy atom. The molecule has 1 saturated heterocycles. The number of hydrogen-bond donors (Lipinski definition) is 1. The quantitative estimate of drug-likeness (QED) is 0.938. The molecule has 1 aliphatic heterocycles. The highest BCUT2D eigenvalue weighted by Gasteiger charge is 2.21. The Labute approximate surface area is 125 Å². The van der Waals surface area contributed by atoms with Crippen molar-refractivity contribution in [3.63, 3.8) is 0 Å². The van der Waals surface area contributed by atoms with Crippen LogP contribution in [0.1, 0.15) is 28.1 Å². The van der Waals surface area contributed by atoms with Gasteiger partial charge in [-0.25, -0.2) is 0 Å². The molecule has 2 aromatic rings. The molecule has 0 atom stereocenters. The lowest BCUT2D eigenvalue weighted by molar-refractivity contribution is 0.0909. The standard InChI is InChI=1S/C13H16N4OS2/c18-13(10-3-6-19-9-10)15-11-1-4-17(5-2-11)8-12-7-14-16-20-12/h3,6-7,9,11H,1-2,4-5,8H2,(H,15,18). The third-order valence-corrected chi connectivity index (χ3v) is 4.82. The predicted molar refractivity (Wildman–Crippen MR) is 80.0 cm³/mol. The number of thiophene rings is 1. The zero-order valence-corrected chi connectivity index (χ0v) is 12.6. The van der Waals surface area contributed by atoms with E-state index in [0.29, 0.717) is 6.04 Å². The van der Waals surface area contributed by atoms with Gasteiger partial charge in [0, 0.05) is 36.6 Å². The SMILES string of the molecule is O=C(NC1CCN(Cc2cnns2)CC1)c1ccsc1. The van der Waals surface area contributed by atoms with Crippen molar-refractivity contribution < 1.29 is 4.79 Å². The first kappa shape index (κ1) is 13.7. The molecule has 3 rings (SSSR count). The van der Waals surface area contributed by atoms with Gasteiger partial charge in [-0.05, 0) is 35.8 Å². The topological polar surface area (TPSA) is 58.1 Å². The summed E-state index contributed by atoms with van der Waals surface area (Å²) in [5.74, 6) is 0.0522. The maximum atomic E-state index is 12.0. The third kappa shape index (κ3) is 3.41. The maximum absolute atomic E-state index is 12.0. The van der Waals surface area contributed by atoms with Crippen molar-refractivity contribution in [1.29, 1.82) is 0 Å². The van der Waals surface area contributed by atoms with Gasteiger partial charge in [0.2, 0.25) is 0 Å². The molecule has 3 heterocycles. The number of nitrogens with one attached hydrogen (secondary N) is 1. The molecular weight excluding hydrogens is 292 g/mol. The summed E-state index contributed by atoms with van der Waals surface area (Å²) >= 11 is 3.01. The van der Waals surface area contributed by atoms with Crippen LogP contribution in [0.4, 0.5) is 0 Å². The molecule has 0 aliphatic carbocycles. The van der Waals surface area contributed by atoms with Crippen LogP contribution in [0.5, 0.6) is 0 Å². The van der Waals surface area contributed by atoms with Crippen LogP contribution in [-0.2, 0) is 6.54 Å². The van der Waals surface area contributed by atoms with Crippen molar-refractivity contribution in [2.24, 2.45) is 0 Å². The Kier molecular flexibility index (Phi) is 4.39. The number of carbonyl (C=O) groups excluding carboxylic acids is 1. The average Bonchev–Trinajstić information content (AvgIpc) is 3.13. The van der Waals surface area contributed by atoms with Crippen molar-refractivity contribution in [3.05, 3.63) is 33.5 Å². The van der Waals surface area contributed by atoms with E-state index >= 15 is 0 Å². The molecule has 0 aromatic carbocycles. The van der Waals surface area contributed by atoms with Crippen LogP contribution in [-0.4, -0.2) is 39.5 Å². The highest BCUT2D eigenvalue weighted by atomic mass is 32.1. The van der Waals surface area contributed by atoms with Gasteiger partial charge >= 0.3 is 0 Å². The lowest BCUT2D eigenvalue weighted by atomic mass is 10.0.